The van der Waals surface area contributed by atoms with E-state index in [9.17, 15) is 28.8 Å². The summed E-state index contributed by atoms with van der Waals surface area (Å²) in [4.78, 5) is 90.9. The number of anilines is 3. The molecule has 4 aliphatic heterocycles. The van der Waals surface area contributed by atoms with Crippen LogP contribution < -0.4 is 31.1 Å². The van der Waals surface area contributed by atoms with Crippen molar-refractivity contribution in [3.05, 3.63) is 80.7 Å². The third-order valence-electron chi connectivity index (χ3n) is 13.0. The Morgan fingerprint density at radius 1 is 0.935 bits per heavy atom. The van der Waals surface area contributed by atoms with Crippen molar-refractivity contribution in [3.8, 4) is 5.75 Å². The lowest BCUT2D eigenvalue weighted by Crippen LogP contribution is -2.54. The van der Waals surface area contributed by atoms with Gasteiger partial charge in [-0.05, 0) is 99.8 Å². The number of pyridine rings is 1. The van der Waals surface area contributed by atoms with Gasteiger partial charge in [0.25, 0.3) is 23.3 Å². The number of imide groups is 2. The van der Waals surface area contributed by atoms with Gasteiger partial charge in [0.05, 0.1) is 35.0 Å². The Kier molecular flexibility index (Phi) is 11.4. The zero-order valence-electron chi connectivity index (χ0n) is 34.5. The lowest BCUT2D eigenvalue weighted by molar-refractivity contribution is -0.136. The Labute approximate surface area is 362 Å². The molecule has 5 aliphatic rings. The monoisotopic (exact) mass is 865 g/mol. The van der Waals surface area contributed by atoms with Crippen LogP contribution in [0.1, 0.15) is 83.6 Å². The number of likely N-dealkylation sites (tertiary alicyclic amines) is 1. The van der Waals surface area contributed by atoms with Crippen LogP contribution in [-0.2, 0) is 26.2 Å². The lowest BCUT2D eigenvalue weighted by Gasteiger charge is -2.47. The third kappa shape index (κ3) is 7.99. The molecule has 1 aliphatic carbocycles. The topological polar surface area (TPSA) is 197 Å². The van der Waals surface area contributed by atoms with Gasteiger partial charge in [0.2, 0.25) is 17.8 Å². The van der Waals surface area contributed by atoms with Crippen molar-refractivity contribution >= 4 is 69.5 Å². The maximum atomic E-state index is 13.7. The summed E-state index contributed by atoms with van der Waals surface area (Å²) in [5.41, 5.74) is 2.66. The van der Waals surface area contributed by atoms with E-state index in [1.165, 1.54) is 11.6 Å². The number of carbonyl (C=O) groups is 5. The molecule has 6 heterocycles. The molecule has 1 atom stereocenters. The first-order chi connectivity index (χ1) is 29.9. The number of aryl methyl sites for hydroxylation is 1. The molecule has 18 heteroatoms. The van der Waals surface area contributed by atoms with Crippen LogP contribution >= 0.6 is 11.6 Å². The Balaban J connectivity index is 0.748. The number of hydrogen-bond acceptors (Lipinski definition) is 13. The van der Waals surface area contributed by atoms with Crippen LogP contribution in [0.5, 0.6) is 5.75 Å². The molecule has 5 amide bonds. The molecule has 62 heavy (non-hydrogen) atoms. The van der Waals surface area contributed by atoms with Gasteiger partial charge in [-0.1, -0.05) is 23.7 Å². The van der Waals surface area contributed by atoms with Crippen LogP contribution in [0.2, 0.25) is 5.02 Å². The van der Waals surface area contributed by atoms with E-state index in [1.807, 2.05) is 30.3 Å². The summed E-state index contributed by atoms with van der Waals surface area (Å²) in [5.74, 6) is -1.03. The highest BCUT2D eigenvalue weighted by atomic mass is 35.5. The normalized spacial score (nSPS) is 22.4. The van der Waals surface area contributed by atoms with Crippen molar-refractivity contribution in [1.82, 2.24) is 35.0 Å². The molecular weight excluding hydrogens is 818 g/mol. The number of halogens is 1. The van der Waals surface area contributed by atoms with Crippen molar-refractivity contribution in [2.45, 2.75) is 81.6 Å². The second-order valence-electron chi connectivity index (χ2n) is 16.7. The van der Waals surface area contributed by atoms with E-state index in [1.54, 1.807) is 25.4 Å². The fourth-order valence-corrected chi connectivity index (χ4v) is 9.59. The smallest absolute Gasteiger partial charge is 0.293 e. The van der Waals surface area contributed by atoms with Gasteiger partial charge >= 0.3 is 0 Å². The van der Waals surface area contributed by atoms with Crippen LogP contribution in [0.15, 0.2) is 53.5 Å². The van der Waals surface area contributed by atoms with E-state index in [-0.39, 0.29) is 54.8 Å². The van der Waals surface area contributed by atoms with Crippen LogP contribution in [0, 0.1) is 0 Å². The van der Waals surface area contributed by atoms with Crippen molar-refractivity contribution in [2.75, 3.05) is 50.1 Å². The third-order valence-corrected chi connectivity index (χ3v) is 13.3. The van der Waals surface area contributed by atoms with Gasteiger partial charge in [0.1, 0.15) is 11.1 Å². The van der Waals surface area contributed by atoms with E-state index in [2.05, 4.69) is 30.7 Å². The number of nitrogens with one attached hydrogen (secondary N) is 3. The zero-order valence-corrected chi connectivity index (χ0v) is 35.3. The van der Waals surface area contributed by atoms with Crippen molar-refractivity contribution in [2.24, 2.45) is 7.05 Å². The molecule has 324 valence electrons. The molecule has 17 nitrogen and oxygen atoms in total. The van der Waals surface area contributed by atoms with Gasteiger partial charge in [0.15, 0.2) is 18.2 Å². The van der Waals surface area contributed by atoms with Gasteiger partial charge in [-0.3, -0.25) is 39.0 Å². The summed E-state index contributed by atoms with van der Waals surface area (Å²) in [6.45, 7) is 2.98. The largest absolute Gasteiger partial charge is 0.478 e. The molecule has 4 aromatic rings. The van der Waals surface area contributed by atoms with E-state index < -0.39 is 29.7 Å². The predicted octanol–water partition coefficient (Wildman–Crippen LogP) is 3.65. The number of likely N-dealkylation sites (N-methyl/N-ethyl adjacent to an activating group) is 1. The standard InChI is InChI=1S/C44H48ClN9O8/c1-46-37(56)23-61-35-19-25-18-26(6-7-33(25)51(2)42(35)59)48-39-32(45)22-47-44(50-39)53-16-12-28(13-17-53)62-29-20-27(21-29)52-14-10-24(11-15-52)30-4-3-5-31-38(30)43(60)54(41(31)58)34-8-9-36(55)49-40(34)57/h3-7,18-19,22,24,27-29,34H,8-17,20-21,23H2,1-2H3,(H,46,56)(H,47,48,50)(H,49,55,57). The first-order valence-corrected chi connectivity index (χ1v) is 21.6. The first kappa shape index (κ1) is 41.4. The molecule has 2 aromatic heterocycles. The number of benzene rings is 2. The number of carbonyl (C=O) groups excluding carboxylic acids is 5. The van der Waals surface area contributed by atoms with Crippen molar-refractivity contribution in [1.29, 1.82) is 0 Å². The minimum Gasteiger partial charge on any atom is -0.478 e. The molecule has 0 spiro atoms. The Hall–Kier alpha value is -5.91. The fourth-order valence-electron chi connectivity index (χ4n) is 9.45. The maximum Gasteiger partial charge on any atom is 0.293 e. The van der Waals surface area contributed by atoms with Crippen LogP contribution in [0.3, 0.4) is 0 Å². The van der Waals surface area contributed by atoms with Crippen LogP contribution in [-0.4, -0.2) is 118 Å². The number of aromatic nitrogens is 3. The number of amides is 5. The molecular formula is C44H48ClN9O8. The van der Waals surface area contributed by atoms with Crippen LogP contribution in [0.25, 0.3) is 10.9 Å². The quantitative estimate of drug-likeness (QED) is 0.185. The Bertz CT molecular complexity index is 2530. The summed E-state index contributed by atoms with van der Waals surface area (Å²) in [5, 5.41) is 9.13. The average molecular weight is 866 g/mol. The summed E-state index contributed by atoms with van der Waals surface area (Å²) in [6, 6.07) is 12.0. The second-order valence-corrected chi connectivity index (χ2v) is 17.1. The molecule has 1 unspecified atom stereocenters. The van der Waals surface area contributed by atoms with Gasteiger partial charge in [-0.25, -0.2) is 4.98 Å². The van der Waals surface area contributed by atoms with E-state index >= 15 is 0 Å². The number of fused-ring (bicyclic) bond motifs is 2. The predicted molar refractivity (Wildman–Crippen MR) is 229 cm³/mol. The minimum absolute atomic E-state index is 0.0703. The average Bonchev–Trinajstić information content (AvgIpc) is 3.52. The number of rotatable bonds is 11. The zero-order chi connectivity index (χ0) is 43.2. The number of piperidine rings is 3. The summed E-state index contributed by atoms with van der Waals surface area (Å²) in [6.07, 6.45) is 7.54. The van der Waals surface area contributed by atoms with Gasteiger partial charge < -0.3 is 34.5 Å². The molecule has 3 saturated heterocycles. The van der Waals surface area contributed by atoms with Gasteiger partial charge in [-0.2, -0.15) is 4.98 Å². The van der Waals surface area contributed by atoms with Crippen molar-refractivity contribution in [3.63, 3.8) is 0 Å². The maximum absolute atomic E-state index is 13.7. The summed E-state index contributed by atoms with van der Waals surface area (Å²) >= 11 is 6.56. The van der Waals surface area contributed by atoms with Gasteiger partial charge in [-0.15, -0.1) is 0 Å². The highest BCUT2D eigenvalue weighted by Gasteiger charge is 2.46. The van der Waals surface area contributed by atoms with Crippen molar-refractivity contribution < 1.29 is 33.4 Å². The van der Waals surface area contributed by atoms with E-state index in [0.29, 0.717) is 45.2 Å². The second kappa shape index (κ2) is 17.1. The first-order valence-electron chi connectivity index (χ1n) is 21.2. The molecule has 3 N–H and O–H groups in total. The number of hydrogen-bond donors (Lipinski definition) is 3. The number of nitrogens with zero attached hydrogens (tertiary/aromatic N) is 6. The molecule has 4 fully saturated rings. The molecule has 9 rings (SSSR count). The molecule has 0 bridgehead atoms. The summed E-state index contributed by atoms with van der Waals surface area (Å²) in [7, 11) is 3.15. The Morgan fingerprint density at radius 3 is 2.45 bits per heavy atom. The minimum atomic E-state index is -0.976. The Morgan fingerprint density at radius 2 is 1.71 bits per heavy atom. The summed E-state index contributed by atoms with van der Waals surface area (Å²) < 4.78 is 13.6. The lowest BCUT2D eigenvalue weighted by atomic mass is 9.82. The fraction of sp³-hybridized carbons (Fsp3) is 0.455. The molecule has 2 aromatic carbocycles. The molecule has 0 radical (unpaired) electrons. The molecule has 1 saturated carbocycles. The highest BCUT2D eigenvalue weighted by Crippen LogP contribution is 2.40. The SMILES string of the molecule is CNC(=O)COc1cc2cc(Nc3nc(N4CCC(OC5CC(N6CCC(c7cccc8c7C(=O)N(C7CCC(=O)NC7=O)C8=O)CC6)C5)CC4)ncc3Cl)ccc2n(C)c1=O. The van der Waals surface area contributed by atoms with E-state index in [0.717, 1.165) is 80.6 Å². The van der Waals surface area contributed by atoms with Gasteiger partial charge in [0, 0.05) is 50.7 Å². The number of ether oxygens (including phenoxy) is 2. The highest BCUT2D eigenvalue weighted by molar-refractivity contribution is 6.33. The van der Waals surface area contributed by atoms with Crippen LogP contribution in [0.4, 0.5) is 17.5 Å². The van der Waals surface area contributed by atoms with E-state index in [4.69, 9.17) is 26.1 Å².